The number of carbonyl (C=O) groups excluding carboxylic acids is 1. The fourth-order valence-electron chi connectivity index (χ4n) is 2.75. The van der Waals surface area contributed by atoms with Gasteiger partial charge in [0.1, 0.15) is 11.8 Å². The average Bonchev–Trinajstić information content (AvgIpc) is 2.71. The maximum Gasteiger partial charge on any atom is 0.365 e. The van der Waals surface area contributed by atoms with Crippen molar-refractivity contribution in [1.82, 2.24) is 14.8 Å². The number of aromatic nitrogens is 3. The summed E-state index contributed by atoms with van der Waals surface area (Å²) in [5, 5.41) is 7.00. The van der Waals surface area contributed by atoms with Crippen molar-refractivity contribution in [1.29, 1.82) is 0 Å². The van der Waals surface area contributed by atoms with Gasteiger partial charge in [-0.1, -0.05) is 12.1 Å². The maximum atomic E-state index is 12.6. The number of methoxy groups -OCH3 is 1. The molecule has 2 aromatic carbocycles. The molecule has 3 aromatic rings. The molecule has 3 rings (SSSR count). The molecule has 0 bridgehead atoms. The second kappa shape index (κ2) is 8.04. The Morgan fingerprint density at radius 1 is 1.14 bits per heavy atom. The SMILES string of the molecule is COc1ccc(-c2cnn([C@@H](C)C(=O)Nc3cccc(C)c3C)c(=O)n2)cc1. The molecule has 7 nitrogen and oxygen atoms in total. The largest absolute Gasteiger partial charge is 0.497 e. The minimum absolute atomic E-state index is 0.331. The zero-order chi connectivity index (χ0) is 20.3. The van der Waals surface area contributed by atoms with Crippen molar-refractivity contribution >= 4 is 11.6 Å². The van der Waals surface area contributed by atoms with E-state index in [1.54, 1.807) is 38.3 Å². The Morgan fingerprint density at radius 2 is 1.86 bits per heavy atom. The molecular formula is C21H22N4O3. The van der Waals surface area contributed by atoms with Crippen LogP contribution in [0, 0.1) is 13.8 Å². The molecule has 0 aliphatic rings. The molecular weight excluding hydrogens is 356 g/mol. The van der Waals surface area contributed by atoms with Gasteiger partial charge >= 0.3 is 5.69 Å². The van der Waals surface area contributed by atoms with E-state index in [0.717, 1.165) is 21.4 Å². The molecule has 0 radical (unpaired) electrons. The predicted octanol–water partition coefficient (Wildman–Crippen LogP) is 3.13. The molecule has 0 fully saturated rings. The summed E-state index contributed by atoms with van der Waals surface area (Å²) < 4.78 is 6.20. The summed E-state index contributed by atoms with van der Waals surface area (Å²) in [4.78, 5) is 29.1. The smallest absolute Gasteiger partial charge is 0.365 e. The molecule has 0 spiro atoms. The van der Waals surface area contributed by atoms with E-state index in [0.29, 0.717) is 17.1 Å². The quantitative estimate of drug-likeness (QED) is 0.737. The topological polar surface area (TPSA) is 86.1 Å². The number of rotatable bonds is 5. The van der Waals surface area contributed by atoms with Crippen molar-refractivity contribution in [3.05, 3.63) is 70.3 Å². The number of hydrogen-bond acceptors (Lipinski definition) is 5. The van der Waals surface area contributed by atoms with Crippen LogP contribution < -0.4 is 15.7 Å². The zero-order valence-corrected chi connectivity index (χ0v) is 16.3. The molecule has 1 N–H and O–H groups in total. The molecule has 1 aromatic heterocycles. The molecule has 1 atom stereocenters. The monoisotopic (exact) mass is 378 g/mol. The summed E-state index contributed by atoms with van der Waals surface area (Å²) >= 11 is 0. The Labute approximate surface area is 163 Å². The Hall–Kier alpha value is -3.48. The van der Waals surface area contributed by atoms with Crippen molar-refractivity contribution in [3.8, 4) is 17.0 Å². The minimum atomic E-state index is -0.801. The first-order chi connectivity index (χ1) is 13.4. The van der Waals surface area contributed by atoms with Crippen LogP contribution in [0.1, 0.15) is 24.1 Å². The lowest BCUT2D eigenvalue weighted by Gasteiger charge is -2.15. The van der Waals surface area contributed by atoms with E-state index in [4.69, 9.17) is 4.74 Å². The zero-order valence-electron chi connectivity index (χ0n) is 16.3. The van der Waals surface area contributed by atoms with Gasteiger partial charge in [-0.15, -0.1) is 0 Å². The number of carbonyl (C=O) groups is 1. The summed E-state index contributed by atoms with van der Waals surface area (Å²) in [6.07, 6.45) is 1.48. The third-order valence-electron chi connectivity index (χ3n) is 4.71. The lowest BCUT2D eigenvalue weighted by molar-refractivity contribution is -0.119. The van der Waals surface area contributed by atoms with Gasteiger partial charge in [-0.25, -0.2) is 9.48 Å². The number of nitrogens with zero attached hydrogens (tertiary/aromatic N) is 3. The van der Waals surface area contributed by atoms with Gasteiger partial charge in [0.25, 0.3) is 0 Å². The van der Waals surface area contributed by atoms with E-state index in [9.17, 15) is 9.59 Å². The molecule has 28 heavy (non-hydrogen) atoms. The van der Waals surface area contributed by atoms with Crippen LogP contribution >= 0.6 is 0 Å². The number of hydrogen-bond donors (Lipinski definition) is 1. The maximum absolute atomic E-state index is 12.6. The van der Waals surface area contributed by atoms with Crippen molar-refractivity contribution in [2.45, 2.75) is 26.8 Å². The van der Waals surface area contributed by atoms with Crippen molar-refractivity contribution < 1.29 is 9.53 Å². The van der Waals surface area contributed by atoms with Crippen LogP contribution in [0.5, 0.6) is 5.75 Å². The normalized spacial score (nSPS) is 11.7. The standard InChI is InChI=1S/C21H22N4O3/c1-13-6-5-7-18(14(13)2)23-20(26)15(3)25-21(27)24-19(12-22-25)16-8-10-17(28-4)11-9-16/h5-12,15H,1-4H3,(H,23,26)/t15-/m0/s1. The Balaban J connectivity index is 1.81. The van der Waals surface area contributed by atoms with Crippen LogP contribution in [-0.2, 0) is 4.79 Å². The summed E-state index contributed by atoms with van der Waals surface area (Å²) in [6, 6.07) is 12.0. The van der Waals surface area contributed by atoms with Gasteiger partial charge in [0.05, 0.1) is 19.0 Å². The highest BCUT2D eigenvalue weighted by Gasteiger charge is 2.19. The second-order valence-corrected chi connectivity index (χ2v) is 6.51. The lowest BCUT2D eigenvalue weighted by Crippen LogP contribution is -2.35. The van der Waals surface area contributed by atoms with Gasteiger partial charge in [0.2, 0.25) is 5.91 Å². The molecule has 0 saturated heterocycles. The van der Waals surface area contributed by atoms with Gasteiger partial charge in [-0.3, -0.25) is 4.79 Å². The predicted molar refractivity (Wildman–Crippen MR) is 108 cm³/mol. The van der Waals surface area contributed by atoms with Crippen LogP contribution in [0.4, 0.5) is 5.69 Å². The molecule has 0 aliphatic heterocycles. The Bertz CT molecular complexity index is 1060. The van der Waals surface area contributed by atoms with E-state index in [1.807, 2.05) is 32.0 Å². The van der Waals surface area contributed by atoms with Crippen molar-refractivity contribution in [3.63, 3.8) is 0 Å². The summed E-state index contributed by atoms with van der Waals surface area (Å²) in [6.45, 7) is 5.52. The van der Waals surface area contributed by atoms with E-state index in [1.165, 1.54) is 6.20 Å². The van der Waals surface area contributed by atoms with Gasteiger partial charge in [-0.05, 0) is 62.2 Å². The Kier molecular flexibility index (Phi) is 5.54. The third kappa shape index (κ3) is 3.93. The first kappa shape index (κ1) is 19.3. The van der Waals surface area contributed by atoms with Gasteiger partial charge in [-0.2, -0.15) is 10.1 Å². The molecule has 1 amide bonds. The van der Waals surface area contributed by atoms with Gasteiger partial charge in [0.15, 0.2) is 0 Å². The summed E-state index contributed by atoms with van der Waals surface area (Å²) in [7, 11) is 1.58. The number of amides is 1. The third-order valence-corrected chi connectivity index (χ3v) is 4.71. The molecule has 1 heterocycles. The van der Waals surface area contributed by atoms with Gasteiger partial charge in [0, 0.05) is 11.3 Å². The van der Waals surface area contributed by atoms with Crippen LogP contribution in [0.3, 0.4) is 0 Å². The first-order valence-corrected chi connectivity index (χ1v) is 8.88. The number of anilines is 1. The first-order valence-electron chi connectivity index (χ1n) is 8.88. The van der Waals surface area contributed by atoms with Crippen molar-refractivity contribution in [2.24, 2.45) is 0 Å². The summed E-state index contributed by atoms with van der Waals surface area (Å²) in [5.74, 6) is 0.379. The van der Waals surface area contributed by atoms with E-state index in [2.05, 4.69) is 15.4 Å². The minimum Gasteiger partial charge on any atom is -0.497 e. The molecule has 0 aliphatic carbocycles. The number of nitrogens with one attached hydrogen (secondary N) is 1. The highest BCUT2D eigenvalue weighted by atomic mass is 16.5. The molecule has 0 saturated carbocycles. The van der Waals surface area contributed by atoms with E-state index < -0.39 is 11.7 Å². The van der Waals surface area contributed by atoms with Crippen LogP contribution in [0.15, 0.2) is 53.5 Å². The fourth-order valence-corrected chi connectivity index (χ4v) is 2.75. The Morgan fingerprint density at radius 3 is 2.50 bits per heavy atom. The molecule has 0 unspecified atom stereocenters. The van der Waals surface area contributed by atoms with E-state index in [-0.39, 0.29) is 5.91 Å². The summed E-state index contributed by atoms with van der Waals surface area (Å²) in [5.41, 5.74) is 3.36. The van der Waals surface area contributed by atoms with E-state index >= 15 is 0 Å². The fraction of sp³-hybridized carbons (Fsp3) is 0.238. The highest BCUT2D eigenvalue weighted by molar-refractivity contribution is 5.94. The highest BCUT2D eigenvalue weighted by Crippen LogP contribution is 2.20. The van der Waals surface area contributed by atoms with Gasteiger partial charge < -0.3 is 10.1 Å². The van der Waals surface area contributed by atoms with Crippen molar-refractivity contribution in [2.75, 3.05) is 12.4 Å². The second-order valence-electron chi connectivity index (χ2n) is 6.51. The van der Waals surface area contributed by atoms with Crippen LogP contribution in [0.25, 0.3) is 11.3 Å². The number of aryl methyl sites for hydroxylation is 1. The van der Waals surface area contributed by atoms with Crippen LogP contribution in [0.2, 0.25) is 0 Å². The molecule has 7 heteroatoms. The lowest BCUT2D eigenvalue weighted by atomic mass is 10.1. The van der Waals surface area contributed by atoms with Crippen LogP contribution in [-0.4, -0.2) is 27.8 Å². The molecule has 144 valence electrons. The average molecular weight is 378 g/mol. The number of benzene rings is 2. The number of ether oxygens (including phenoxy) is 1.